The normalized spacial score (nSPS) is 12.3. The zero-order valence-electron chi connectivity index (χ0n) is 6.59. The number of carbonyl (C=O) groups excluding carboxylic acids is 2. The van der Waals surface area contributed by atoms with E-state index in [9.17, 15) is 14.0 Å². The molecule has 0 rings (SSSR count). The van der Waals surface area contributed by atoms with Crippen LogP contribution in [0.4, 0.5) is 4.39 Å². The minimum absolute atomic E-state index is 0.215. The van der Waals surface area contributed by atoms with Crippen LogP contribution in [0.3, 0.4) is 0 Å². The van der Waals surface area contributed by atoms with Gasteiger partial charge in [-0.25, -0.2) is 4.39 Å². The van der Waals surface area contributed by atoms with Crippen LogP contribution in [0.1, 0.15) is 20.3 Å². The number of hydrogen-bond donors (Lipinski definition) is 0. The van der Waals surface area contributed by atoms with E-state index < -0.39 is 24.3 Å². The van der Waals surface area contributed by atoms with Crippen LogP contribution >= 0.6 is 0 Å². The maximum Gasteiger partial charge on any atom is 0.313 e. The first-order chi connectivity index (χ1) is 5.07. The minimum Gasteiger partial charge on any atom is -0.466 e. The molecule has 11 heavy (non-hydrogen) atoms. The van der Waals surface area contributed by atoms with Crippen molar-refractivity contribution in [3.05, 3.63) is 0 Å². The van der Waals surface area contributed by atoms with Crippen molar-refractivity contribution in [2.45, 2.75) is 26.4 Å². The quantitative estimate of drug-likeness (QED) is 0.455. The zero-order chi connectivity index (χ0) is 8.85. The van der Waals surface area contributed by atoms with E-state index in [0.29, 0.717) is 0 Å². The Hall–Kier alpha value is -0.930. The number of ketones is 1. The molecule has 0 unspecified atom stereocenters. The number of rotatable bonds is 4. The van der Waals surface area contributed by atoms with Gasteiger partial charge in [-0.05, 0) is 13.8 Å². The Morgan fingerprint density at radius 2 is 2.09 bits per heavy atom. The molecule has 0 saturated carbocycles. The Morgan fingerprint density at radius 1 is 1.55 bits per heavy atom. The highest BCUT2D eigenvalue weighted by Crippen LogP contribution is 1.96. The summed E-state index contributed by atoms with van der Waals surface area (Å²) in [4.78, 5) is 21.1. The van der Waals surface area contributed by atoms with Crippen molar-refractivity contribution >= 4 is 11.8 Å². The van der Waals surface area contributed by atoms with Gasteiger partial charge in [0.15, 0.2) is 12.0 Å². The molecule has 0 heterocycles. The van der Waals surface area contributed by atoms with Crippen molar-refractivity contribution in [3.8, 4) is 0 Å². The lowest BCUT2D eigenvalue weighted by Crippen LogP contribution is -2.17. The van der Waals surface area contributed by atoms with Gasteiger partial charge in [-0.15, -0.1) is 0 Å². The first kappa shape index (κ1) is 10.1. The summed E-state index contributed by atoms with van der Waals surface area (Å²) in [7, 11) is 0. The largest absolute Gasteiger partial charge is 0.466 e. The summed E-state index contributed by atoms with van der Waals surface area (Å²) >= 11 is 0. The van der Waals surface area contributed by atoms with Gasteiger partial charge in [0.25, 0.3) is 0 Å². The first-order valence-corrected chi connectivity index (χ1v) is 3.40. The van der Waals surface area contributed by atoms with Crippen LogP contribution in [0.25, 0.3) is 0 Å². The van der Waals surface area contributed by atoms with E-state index in [2.05, 4.69) is 4.74 Å². The van der Waals surface area contributed by atoms with Gasteiger partial charge in [-0.1, -0.05) is 0 Å². The van der Waals surface area contributed by atoms with E-state index in [0.717, 1.165) is 6.92 Å². The van der Waals surface area contributed by atoms with E-state index >= 15 is 0 Å². The molecule has 0 aliphatic heterocycles. The first-order valence-electron chi connectivity index (χ1n) is 3.40. The van der Waals surface area contributed by atoms with Gasteiger partial charge >= 0.3 is 5.97 Å². The molecule has 0 aromatic carbocycles. The average molecular weight is 162 g/mol. The second kappa shape index (κ2) is 4.82. The molecule has 3 nitrogen and oxygen atoms in total. The van der Waals surface area contributed by atoms with Gasteiger partial charge in [0.2, 0.25) is 0 Å². The second-order valence-electron chi connectivity index (χ2n) is 2.06. The number of carbonyl (C=O) groups is 2. The Labute approximate surface area is 64.5 Å². The van der Waals surface area contributed by atoms with Crippen LogP contribution in [-0.2, 0) is 14.3 Å². The lowest BCUT2D eigenvalue weighted by molar-refractivity contribution is -0.146. The predicted molar refractivity (Wildman–Crippen MR) is 36.8 cm³/mol. The number of Topliss-reactive ketones (excluding diaryl/α,β-unsaturated/α-hetero) is 1. The van der Waals surface area contributed by atoms with Gasteiger partial charge in [-0.3, -0.25) is 9.59 Å². The molecule has 0 fully saturated rings. The molecule has 0 amide bonds. The molecule has 0 aromatic heterocycles. The fourth-order valence-electron chi connectivity index (χ4n) is 0.495. The van der Waals surface area contributed by atoms with Crippen LogP contribution in [0.15, 0.2) is 0 Å². The van der Waals surface area contributed by atoms with Crippen molar-refractivity contribution in [1.29, 1.82) is 0 Å². The molecule has 4 heteroatoms. The average Bonchev–Trinajstić information content (AvgIpc) is 1.87. The van der Waals surface area contributed by atoms with E-state index in [1.807, 2.05) is 0 Å². The summed E-state index contributed by atoms with van der Waals surface area (Å²) in [5.41, 5.74) is 0. The fourth-order valence-corrected chi connectivity index (χ4v) is 0.495. The molecular weight excluding hydrogens is 151 g/mol. The number of esters is 1. The van der Waals surface area contributed by atoms with Crippen molar-refractivity contribution in [3.63, 3.8) is 0 Å². The highest BCUT2D eigenvalue weighted by Gasteiger charge is 2.15. The van der Waals surface area contributed by atoms with Gasteiger partial charge in [-0.2, -0.15) is 0 Å². The Kier molecular flexibility index (Phi) is 4.41. The van der Waals surface area contributed by atoms with E-state index in [-0.39, 0.29) is 6.61 Å². The molecule has 0 aromatic rings. The van der Waals surface area contributed by atoms with Gasteiger partial charge in [0, 0.05) is 0 Å². The van der Waals surface area contributed by atoms with Crippen LogP contribution in [-0.4, -0.2) is 24.5 Å². The van der Waals surface area contributed by atoms with E-state index in [4.69, 9.17) is 0 Å². The summed E-state index contributed by atoms with van der Waals surface area (Å²) in [6.45, 7) is 2.94. The molecule has 64 valence electrons. The second-order valence-corrected chi connectivity index (χ2v) is 2.06. The molecule has 0 aliphatic carbocycles. The Balaban J connectivity index is 3.67. The van der Waals surface area contributed by atoms with Crippen molar-refractivity contribution in [1.82, 2.24) is 0 Å². The Bertz CT molecular complexity index is 154. The number of halogens is 1. The van der Waals surface area contributed by atoms with Crippen molar-refractivity contribution < 1.29 is 18.7 Å². The number of hydrogen-bond acceptors (Lipinski definition) is 3. The molecule has 0 N–H and O–H groups in total. The summed E-state index contributed by atoms with van der Waals surface area (Å²) in [5.74, 6) is -1.40. The van der Waals surface area contributed by atoms with Gasteiger partial charge in [0.05, 0.1) is 6.61 Å². The third kappa shape index (κ3) is 4.47. The predicted octanol–water partition coefficient (Wildman–Crippen LogP) is 0.867. The standard InChI is InChI=1S/C7H11FO3/c1-3-11-7(10)4-6(9)5(2)8/h5H,3-4H2,1-2H3/t5-/m0/s1. The molecule has 0 aliphatic rings. The fraction of sp³-hybridized carbons (Fsp3) is 0.714. The zero-order valence-corrected chi connectivity index (χ0v) is 6.59. The van der Waals surface area contributed by atoms with Crippen molar-refractivity contribution in [2.24, 2.45) is 0 Å². The Morgan fingerprint density at radius 3 is 2.45 bits per heavy atom. The molecule has 0 saturated heterocycles. The minimum atomic E-state index is -1.58. The van der Waals surface area contributed by atoms with Crippen LogP contribution in [0, 0.1) is 0 Å². The lowest BCUT2D eigenvalue weighted by Gasteiger charge is -2.00. The van der Waals surface area contributed by atoms with Crippen LogP contribution in [0.5, 0.6) is 0 Å². The molecule has 0 spiro atoms. The third-order valence-electron chi connectivity index (χ3n) is 1.07. The van der Waals surface area contributed by atoms with E-state index in [1.165, 1.54) is 0 Å². The molecular formula is C7H11FO3. The van der Waals surface area contributed by atoms with Gasteiger partial charge in [0.1, 0.15) is 6.42 Å². The lowest BCUT2D eigenvalue weighted by atomic mass is 10.2. The van der Waals surface area contributed by atoms with Crippen LogP contribution < -0.4 is 0 Å². The van der Waals surface area contributed by atoms with Crippen molar-refractivity contribution in [2.75, 3.05) is 6.61 Å². The highest BCUT2D eigenvalue weighted by atomic mass is 19.1. The van der Waals surface area contributed by atoms with Gasteiger partial charge < -0.3 is 4.74 Å². The topological polar surface area (TPSA) is 43.4 Å². The summed E-state index contributed by atoms with van der Waals surface area (Å²) < 4.78 is 16.6. The number of alkyl halides is 1. The molecule has 1 atom stereocenters. The maximum absolute atomic E-state index is 12.1. The molecule has 0 bridgehead atoms. The summed E-state index contributed by atoms with van der Waals surface area (Å²) in [6, 6.07) is 0. The SMILES string of the molecule is CCOC(=O)CC(=O)[C@H](C)F. The third-order valence-corrected chi connectivity index (χ3v) is 1.07. The molecule has 0 radical (unpaired) electrons. The van der Waals surface area contributed by atoms with Crippen LogP contribution in [0.2, 0.25) is 0 Å². The monoisotopic (exact) mass is 162 g/mol. The number of ether oxygens (including phenoxy) is 1. The summed E-state index contributed by atoms with van der Waals surface area (Å²) in [6.07, 6.45) is -2.05. The maximum atomic E-state index is 12.1. The summed E-state index contributed by atoms with van der Waals surface area (Å²) in [5, 5.41) is 0. The van der Waals surface area contributed by atoms with E-state index in [1.54, 1.807) is 6.92 Å². The smallest absolute Gasteiger partial charge is 0.313 e. The highest BCUT2D eigenvalue weighted by molar-refractivity contribution is 5.97.